The van der Waals surface area contributed by atoms with Crippen LogP contribution < -0.4 is 16.8 Å². The smallest absolute Gasteiger partial charge is 0.223 e. The second-order valence-corrected chi connectivity index (χ2v) is 4.61. The predicted octanol–water partition coefficient (Wildman–Crippen LogP) is -0.175. The summed E-state index contributed by atoms with van der Waals surface area (Å²) in [5.74, 6) is -0.305. The fourth-order valence-corrected chi connectivity index (χ4v) is 1.56. The number of primary amides is 1. The first-order valence-electron chi connectivity index (χ1n) is 4.45. The molecule has 0 aliphatic rings. The van der Waals surface area contributed by atoms with Crippen molar-refractivity contribution in [3.63, 3.8) is 0 Å². The Kier molecular flexibility index (Phi) is 3.88. The molecule has 4 heteroatoms. The van der Waals surface area contributed by atoms with Gasteiger partial charge in [0.15, 0.2) is 0 Å². The van der Waals surface area contributed by atoms with Gasteiger partial charge in [0.25, 0.3) is 0 Å². The number of likely N-dealkylation sites (N-methyl/N-ethyl adjacent to an activating group) is 1. The standard InChI is InChI=1S/C9H21N3O/c1-8(2,7(10)13)5-9(3,11)6-12-4/h12H,5-6,11H2,1-4H3,(H2,10,13). The van der Waals surface area contributed by atoms with Gasteiger partial charge in [-0.1, -0.05) is 13.8 Å². The lowest BCUT2D eigenvalue weighted by atomic mass is 9.79. The lowest BCUT2D eigenvalue weighted by Crippen LogP contribution is -2.50. The molecule has 0 aromatic rings. The zero-order valence-electron chi connectivity index (χ0n) is 8.98. The van der Waals surface area contributed by atoms with E-state index >= 15 is 0 Å². The minimum absolute atomic E-state index is 0.305. The third-order valence-corrected chi connectivity index (χ3v) is 2.09. The summed E-state index contributed by atoms with van der Waals surface area (Å²) in [5.41, 5.74) is 10.3. The Morgan fingerprint density at radius 2 is 1.85 bits per heavy atom. The SMILES string of the molecule is CNCC(C)(N)CC(C)(C)C(N)=O. The molecule has 5 N–H and O–H groups in total. The van der Waals surface area contributed by atoms with Crippen molar-refractivity contribution in [2.24, 2.45) is 16.9 Å². The van der Waals surface area contributed by atoms with E-state index in [0.29, 0.717) is 13.0 Å². The number of amides is 1. The van der Waals surface area contributed by atoms with Crippen molar-refractivity contribution in [2.75, 3.05) is 13.6 Å². The van der Waals surface area contributed by atoms with Crippen molar-refractivity contribution in [3.05, 3.63) is 0 Å². The first kappa shape index (κ1) is 12.4. The Morgan fingerprint density at radius 3 is 2.15 bits per heavy atom. The topological polar surface area (TPSA) is 81.1 Å². The van der Waals surface area contributed by atoms with E-state index in [1.165, 1.54) is 0 Å². The Labute approximate surface area is 80.0 Å². The summed E-state index contributed by atoms with van der Waals surface area (Å²) in [5, 5.41) is 2.99. The first-order valence-corrected chi connectivity index (χ1v) is 4.45. The van der Waals surface area contributed by atoms with Gasteiger partial charge in [0.2, 0.25) is 5.91 Å². The summed E-state index contributed by atoms with van der Waals surface area (Å²) in [6.07, 6.45) is 0.580. The monoisotopic (exact) mass is 187 g/mol. The van der Waals surface area contributed by atoms with E-state index < -0.39 is 11.0 Å². The average Bonchev–Trinajstić information content (AvgIpc) is 1.83. The maximum Gasteiger partial charge on any atom is 0.223 e. The number of hydrogen-bond donors (Lipinski definition) is 3. The maximum atomic E-state index is 11.0. The van der Waals surface area contributed by atoms with Crippen LogP contribution in [0.2, 0.25) is 0 Å². The summed E-state index contributed by atoms with van der Waals surface area (Å²) >= 11 is 0. The van der Waals surface area contributed by atoms with Gasteiger partial charge in [-0.15, -0.1) is 0 Å². The average molecular weight is 187 g/mol. The Hall–Kier alpha value is -0.610. The number of carbonyl (C=O) groups is 1. The molecule has 0 fully saturated rings. The highest BCUT2D eigenvalue weighted by Gasteiger charge is 2.33. The van der Waals surface area contributed by atoms with Gasteiger partial charge in [-0.3, -0.25) is 4.79 Å². The molecule has 1 atom stereocenters. The summed E-state index contributed by atoms with van der Waals surface area (Å²) in [6, 6.07) is 0. The van der Waals surface area contributed by atoms with E-state index in [1.807, 2.05) is 27.8 Å². The normalized spacial score (nSPS) is 16.7. The van der Waals surface area contributed by atoms with Crippen LogP contribution in [-0.2, 0) is 4.79 Å². The van der Waals surface area contributed by atoms with Crippen molar-refractivity contribution >= 4 is 5.91 Å². The van der Waals surface area contributed by atoms with Crippen molar-refractivity contribution in [1.82, 2.24) is 5.32 Å². The van der Waals surface area contributed by atoms with Gasteiger partial charge in [0, 0.05) is 17.5 Å². The molecule has 0 heterocycles. The first-order chi connectivity index (χ1) is 5.71. The number of rotatable bonds is 5. The van der Waals surface area contributed by atoms with E-state index in [2.05, 4.69) is 5.32 Å². The van der Waals surface area contributed by atoms with E-state index in [1.54, 1.807) is 0 Å². The van der Waals surface area contributed by atoms with Crippen LogP contribution in [0.4, 0.5) is 0 Å². The van der Waals surface area contributed by atoms with Crippen LogP contribution >= 0.6 is 0 Å². The highest BCUT2D eigenvalue weighted by Crippen LogP contribution is 2.25. The molecule has 0 spiro atoms. The molecule has 0 rings (SSSR count). The lowest BCUT2D eigenvalue weighted by molar-refractivity contribution is -0.127. The van der Waals surface area contributed by atoms with Gasteiger partial charge < -0.3 is 16.8 Å². The zero-order chi connectivity index (χ0) is 10.7. The van der Waals surface area contributed by atoms with Crippen LogP contribution in [0.3, 0.4) is 0 Å². The minimum Gasteiger partial charge on any atom is -0.369 e. The molecule has 1 unspecified atom stereocenters. The summed E-state index contributed by atoms with van der Waals surface area (Å²) in [4.78, 5) is 11.0. The summed E-state index contributed by atoms with van der Waals surface area (Å²) < 4.78 is 0. The highest BCUT2D eigenvalue weighted by atomic mass is 16.1. The second-order valence-electron chi connectivity index (χ2n) is 4.61. The molecule has 78 valence electrons. The maximum absolute atomic E-state index is 11.0. The highest BCUT2D eigenvalue weighted by molar-refractivity contribution is 5.80. The second kappa shape index (κ2) is 4.07. The summed E-state index contributed by atoms with van der Waals surface area (Å²) in [6.45, 7) is 6.21. The molecule has 0 saturated heterocycles. The van der Waals surface area contributed by atoms with Crippen LogP contribution in [-0.4, -0.2) is 25.0 Å². The molecule has 0 radical (unpaired) electrons. The zero-order valence-corrected chi connectivity index (χ0v) is 8.98. The van der Waals surface area contributed by atoms with E-state index in [4.69, 9.17) is 11.5 Å². The van der Waals surface area contributed by atoms with Gasteiger partial charge in [-0.2, -0.15) is 0 Å². The fraction of sp³-hybridized carbons (Fsp3) is 0.889. The molecule has 0 aliphatic heterocycles. The largest absolute Gasteiger partial charge is 0.369 e. The molecular weight excluding hydrogens is 166 g/mol. The minimum atomic E-state index is -0.541. The Bertz CT molecular complexity index is 187. The van der Waals surface area contributed by atoms with Crippen LogP contribution in [0.5, 0.6) is 0 Å². The van der Waals surface area contributed by atoms with Crippen molar-refractivity contribution < 1.29 is 4.79 Å². The van der Waals surface area contributed by atoms with Crippen molar-refractivity contribution in [1.29, 1.82) is 0 Å². The molecule has 0 saturated carbocycles. The van der Waals surface area contributed by atoms with Crippen LogP contribution in [0.25, 0.3) is 0 Å². The van der Waals surface area contributed by atoms with Crippen molar-refractivity contribution in [2.45, 2.75) is 32.7 Å². The molecule has 0 aromatic heterocycles. The quantitative estimate of drug-likeness (QED) is 0.558. The molecule has 0 aromatic carbocycles. The predicted molar refractivity (Wildman–Crippen MR) is 54.1 cm³/mol. The Balaban J connectivity index is 4.33. The fourth-order valence-electron chi connectivity index (χ4n) is 1.56. The van der Waals surface area contributed by atoms with Gasteiger partial charge in [0.05, 0.1) is 0 Å². The van der Waals surface area contributed by atoms with E-state index in [-0.39, 0.29) is 5.91 Å². The van der Waals surface area contributed by atoms with E-state index in [0.717, 1.165) is 0 Å². The molecule has 13 heavy (non-hydrogen) atoms. The molecule has 0 bridgehead atoms. The number of carbonyl (C=O) groups excluding carboxylic acids is 1. The third kappa shape index (κ3) is 4.24. The van der Waals surface area contributed by atoms with Crippen LogP contribution in [0, 0.1) is 5.41 Å². The van der Waals surface area contributed by atoms with Gasteiger partial charge in [-0.05, 0) is 20.4 Å². The van der Waals surface area contributed by atoms with E-state index in [9.17, 15) is 4.79 Å². The molecule has 0 aliphatic carbocycles. The number of nitrogens with one attached hydrogen (secondary N) is 1. The van der Waals surface area contributed by atoms with Crippen LogP contribution in [0.1, 0.15) is 27.2 Å². The lowest BCUT2D eigenvalue weighted by Gasteiger charge is -2.32. The van der Waals surface area contributed by atoms with Crippen LogP contribution in [0.15, 0.2) is 0 Å². The molecular formula is C9H21N3O. The summed E-state index contributed by atoms with van der Waals surface area (Å²) in [7, 11) is 1.84. The third-order valence-electron chi connectivity index (χ3n) is 2.09. The van der Waals surface area contributed by atoms with Gasteiger partial charge in [0.1, 0.15) is 0 Å². The number of nitrogens with two attached hydrogens (primary N) is 2. The van der Waals surface area contributed by atoms with Crippen molar-refractivity contribution in [3.8, 4) is 0 Å². The molecule has 4 nitrogen and oxygen atoms in total. The van der Waals surface area contributed by atoms with Gasteiger partial charge in [-0.25, -0.2) is 0 Å². The molecule has 1 amide bonds. The Morgan fingerprint density at radius 1 is 1.38 bits per heavy atom. The number of hydrogen-bond acceptors (Lipinski definition) is 3. The van der Waals surface area contributed by atoms with Gasteiger partial charge >= 0.3 is 0 Å².